The van der Waals surface area contributed by atoms with E-state index in [1.54, 1.807) is 4.90 Å². The van der Waals surface area contributed by atoms with Crippen molar-refractivity contribution in [2.24, 2.45) is 0 Å². The van der Waals surface area contributed by atoms with Crippen LogP contribution in [-0.2, 0) is 4.79 Å². The Labute approximate surface area is 195 Å². The number of hydrogen-bond donors (Lipinski definition) is 2. The van der Waals surface area contributed by atoms with E-state index in [0.717, 1.165) is 52.5 Å². The average molecular weight is 454 g/mol. The van der Waals surface area contributed by atoms with Gasteiger partial charge in [0.25, 0.3) is 6.01 Å². The predicted molar refractivity (Wildman–Crippen MR) is 129 cm³/mol. The van der Waals surface area contributed by atoms with Crippen molar-refractivity contribution in [3.05, 3.63) is 54.5 Å². The van der Waals surface area contributed by atoms with Gasteiger partial charge in [-0.1, -0.05) is 18.4 Å². The maximum absolute atomic E-state index is 12.0. The average Bonchev–Trinajstić information content (AvgIpc) is 3.23. The Kier molecular flexibility index (Phi) is 4.73. The van der Waals surface area contributed by atoms with E-state index >= 15 is 0 Å². The van der Waals surface area contributed by atoms with Gasteiger partial charge >= 0.3 is 0 Å². The van der Waals surface area contributed by atoms with Crippen LogP contribution in [0.3, 0.4) is 0 Å². The molecule has 1 aliphatic carbocycles. The van der Waals surface area contributed by atoms with Gasteiger partial charge in [-0.3, -0.25) is 4.79 Å². The number of nitrogens with zero attached hydrogens (tertiary/aromatic N) is 5. The molecule has 34 heavy (non-hydrogen) atoms. The van der Waals surface area contributed by atoms with Gasteiger partial charge in [0.2, 0.25) is 5.91 Å². The standard InChI is InChI=1S/C25H23N7O2/c1-2-21(33)31-10-9-18(13-31)32-12-16(22-23(26)27-14-28-24(22)32)5-3-15-4-8-20-19(11-15)30-25(34-20)29-17-6-7-17/h2,4,8,11-12,14,17-18H,1,6-7,9-10,13H2,(H,29,30)(H2,26,27,28). The highest BCUT2D eigenvalue weighted by atomic mass is 16.4. The molecule has 4 heterocycles. The fourth-order valence-corrected chi connectivity index (χ4v) is 4.39. The van der Waals surface area contributed by atoms with Gasteiger partial charge in [-0.2, -0.15) is 4.98 Å². The van der Waals surface area contributed by atoms with Crippen LogP contribution in [0.4, 0.5) is 11.8 Å². The highest BCUT2D eigenvalue weighted by Crippen LogP contribution is 2.31. The fourth-order valence-electron chi connectivity index (χ4n) is 4.39. The SMILES string of the molecule is C=CC(=O)N1CCC(n2cc(C#Cc3ccc4oc(NC5CC5)nc4c3)c3c(N)ncnc32)C1. The number of nitrogens with one attached hydrogen (secondary N) is 1. The van der Waals surface area contributed by atoms with E-state index in [1.807, 2.05) is 24.4 Å². The second-order valence-corrected chi connectivity index (χ2v) is 8.71. The van der Waals surface area contributed by atoms with Crippen LogP contribution in [0, 0.1) is 11.8 Å². The van der Waals surface area contributed by atoms with Crippen molar-refractivity contribution in [1.29, 1.82) is 0 Å². The van der Waals surface area contributed by atoms with E-state index in [4.69, 9.17) is 10.2 Å². The minimum absolute atomic E-state index is 0.0631. The van der Waals surface area contributed by atoms with Gasteiger partial charge in [-0.05, 0) is 43.5 Å². The van der Waals surface area contributed by atoms with Crippen molar-refractivity contribution < 1.29 is 9.21 Å². The highest BCUT2D eigenvalue weighted by Gasteiger charge is 2.28. The lowest BCUT2D eigenvalue weighted by Crippen LogP contribution is -2.27. The third kappa shape index (κ3) is 3.63. The zero-order chi connectivity index (χ0) is 23.2. The molecule has 1 aromatic carbocycles. The summed E-state index contributed by atoms with van der Waals surface area (Å²) in [6, 6.07) is 6.82. The molecule has 2 aliphatic rings. The van der Waals surface area contributed by atoms with Crippen LogP contribution in [0.1, 0.15) is 36.4 Å². The number of carbonyl (C=O) groups is 1. The summed E-state index contributed by atoms with van der Waals surface area (Å²) in [5, 5.41) is 4.00. The number of anilines is 2. The Hall–Kier alpha value is -4.32. The van der Waals surface area contributed by atoms with E-state index in [1.165, 1.54) is 12.4 Å². The third-order valence-electron chi connectivity index (χ3n) is 6.32. The van der Waals surface area contributed by atoms with Crippen molar-refractivity contribution in [1.82, 2.24) is 24.4 Å². The first-order valence-corrected chi connectivity index (χ1v) is 11.3. The van der Waals surface area contributed by atoms with Gasteiger partial charge in [-0.25, -0.2) is 9.97 Å². The normalized spacial score (nSPS) is 17.6. The number of nitrogen functional groups attached to an aromatic ring is 1. The van der Waals surface area contributed by atoms with E-state index in [9.17, 15) is 4.79 Å². The summed E-state index contributed by atoms with van der Waals surface area (Å²) in [6.07, 6.45) is 7.89. The number of nitrogens with two attached hydrogens (primary N) is 1. The zero-order valence-corrected chi connectivity index (χ0v) is 18.5. The number of aromatic nitrogens is 4. The van der Waals surface area contributed by atoms with E-state index < -0.39 is 0 Å². The van der Waals surface area contributed by atoms with E-state index in [-0.39, 0.29) is 11.9 Å². The molecule has 1 amide bonds. The molecule has 9 heteroatoms. The molecule has 4 aromatic rings. The number of carbonyl (C=O) groups excluding carboxylic acids is 1. The smallest absolute Gasteiger partial charge is 0.295 e. The highest BCUT2D eigenvalue weighted by molar-refractivity contribution is 5.92. The molecule has 9 nitrogen and oxygen atoms in total. The fraction of sp³-hybridized carbons (Fsp3) is 0.280. The second-order valence-electron chi connectivity index (χ2n) is 8.71. The number of hydrogen-bond acceptors (Lipinski definition) is 7. The van der Waals surface area contributed by atoms with Crippen LogP contribution in [0.2, 0.25) is 0 Å². The summed E-state index contributed by atoms with van der Waals surface area (Å²) >= 11 is 0. The molecule has 170 valence electrons. The molecule has 6 rings (SSSR count). The lowest BCUT2D eigenvalue weighted by molar-refractivity contribution is -0.125. The predicted octanol–water partition coefficient (Wildman–Crippen LogP) is 3.09. The van der Waals surface area contributed by atoms with E-state index in [0.29, 0.717) is 31.0 Å². The van der Waals surface area contributed by atoms with Crippen molar-refractivity contribution in [3.8, 4) is 11.8 Å². The summed E-state index contributed by atoms with van der Waals surface area (Å²) in [5.41, 5.74) is 9.99. The van der Waals surface area contributed by atoms with Crippen LogP contribution < -0.4 is 11.1 Å². The van der Waals surface area contributed by atoms with Crippen molar-refractivity contribution >= 4 is 39.9 Å². The molecule has 1 saturated carbocycles. The number of amides is 1. The first-order valence-electron chi connectivity index (χ1n) is 11.3. The van der Waals surface area contributed by atoms with Gasteiger partial charge in [0.1, 0.15) is 23.3 Å². The number of fused-ring (bicyclic) bond motifs is 2. The molecule has 0 spiro atoms. The monoisotopic (exact) mass is 453 g/mol. The molecule has 1 unspecified atom stereocenters. The molecule has 2 fully saturated rings. The van der Waals surface area contributed by atoms with Crippen LogP contribution in [-0.4, -0.2) is 49.5 Å². The van der Waals surface area contributed by atoms with Crippen molar-refractivity contribution in [3.63, 3.8) is 0 Å². The van der Waals surface area contributed by atoms with Crippen molar-refractivity contribution in [2.45, 2.75) is 31.3 Å². The van der Waals surface area contributed by atoms with Crippen LogP contribution in [0.15, 0.2) is 47.8 Å². The summed E-state index contributed by atoms with van der Waals surface area (Å²) in [4.78, 5) is 27.0. The third-order valence-corrected chi connectivity index (χ3v) is 6.32. The minimum atomic E-state index is -0.0631. The van der Waals surface area contributed by atoms with Gasteiger partial charge < -0.3 is 24.9 Å². The summed E-state index contributed by atoms with van der Waals surface area (Å²) in [7, 11) is 0. The summed E-state index contributed by atoms with van der Waals surface area (Å²) in [6.45, 7) is 4.85. The lowest BCUT2D eigenvalue weighted by Gasteiger charge is -2.15. The van der Waals surface area contributed by atoms with Crippen LogP contribution in [0.5, 0.6) is 0 Å². The Morgan fingerprint density at radius 2 is 2.15 bits per heavy atom. The first kappa shape index (κ1) is 20.3. The first-order chi connectivity index (χ1) is 16.6. The maximum Gasteiger partial charge on any atom is 0.295 e. The Bertz CT molecular complexity index is 1500. The van der Waals surface area contributed by atoms with Crippen LogP contribution in [0.25, 0.3) is 22.1 Å². The number of oxazole rings is 1. The molecule has 3 aromatic heterocycles. The molecule has 1 saturated heterocycles. The van der Waals surface area contributed by atoms with Gasteiger partial charge in [0.05, 0.1) is 17.0 Å². The topological polar surface area (TPSA) is 115 Å². The molecule has 0 bridgehead atoms. The minimum Gasteiger partial charge on any atom is -0.424 e. The zero-order valence-electron chi connectivity index (χ0n) is 18.5. The maximum atomic E-state index is 12.0. The molecule has 0 radical (unpaired) electrons. The molecule has 1 atom stereocenters. The Morgan fingerprint density at radius 1 is 1.26 bits per heavy atom. The number of likely N-dealkylation sites (tertiary alicyclic amines) is 1. The quantitative estimate of drug-likeness (QED) is 0.360. The van der Waals surface area contributed by atoms with Gasteiger partial charge in [-0.15, -0.1) is 0 Å². The largest absolute Gasteiger partial charge is 0.424 e. The molecular weight excluding hydrogens is 430 g/mol. The van der Waals surface area contributed by atoms with Crippen LogP contribution >= 0.6 is 0 Å². The van der Waals surface area contributed by atoms with Crippen molar-refractivity contribution in [2.75, 3.05) is 24.1 Å². The molecule has 1 aliphatic heterocycles. The lowest BCUT2D eigenvalue weighted by atomic mass is 10.2. The van der Waals surface area contributed by atoms with Gasteiger partial charge in [0, 0.05) is 30.9 Å². The Balaban J connectivity index is 1.34. The summed E-state index contributed by atoms with van der Waals surface area (Å²) < 4.78 is 7.82. The second kappa shape index (κ2) is 7.92. The molecular formula is C25H23N7O2. The Morgan fingerprint density at radius 3 is 2.97 bits per heavy atom. The number of benzene rings is 1. The number of rotatable bonds is 4. The summed E-state index contributed by atoms with van der Waals surface area (Å²) in [5.74, 6) is 6.79. The van der Waals surface area contributed by atoms with Gasteiger partial charge in [0.15, 0.2) is 5.58 Å². The molecule has 3 N–H and O–H groups in total. The van der Waals surface area contributed by atoms with E-state index in [2.05, 4.69) is 43.3 Å².